The Balaban J connectivity index is 1.82. The van der Waals surface area contributed by atoms with Crippen LogP contribution in [0.2, 0.25) is 0 Å². The zero-order valence-electron chi connectivity index (χ0n) is 17.0. The summed E-state index contributed by atoms with van der Waals surface area (Å²) in [5.41, 5.74) is 7.43. The molecule has 142 valence electrons. The number of hydrogen-bond acceptors (Lipinski definition) is 4. The van der Waals surface area contributed by atoms with Crippen molar-refractivity contribution in [3.8, 4) is 0 Å². The number of aryl methyl sites for hydroxylation is 2. The Bertz CT molecular complexity index is 1210. The lowest BCUT2D eigenvalue weighted by Crippen LogP contribution is -2.42. The molecule has 0 unspecified atom stereocenters. The Morgan fingerprint density at radius 3 is 2.39 bits per heavy atom. The zero-order valence-corrected chi connectivity index (χ0v) is 17.0. The monoisotopic (exact) mass is 371 g/mol. The molecule has 28 heavy (non-hydrogen) atoms. The van der Waals surface area contributed by atoms with Gasteiger partial charge in [-0.3, -0.25) is 0 Å². The van der Waals surface area contributed by atoms with Gasteiger partial charge in [-0.25, -0.2) is 4.98 Å². The third kappa shape index (κ3) is 2.27. The van der Waals surface area contributed by atoms with Gasteiger partial charge in [0.2, 0.25) is 5.71 Å². The fourth-order valence-corrected chi connectivity index (χ4v) is 4.63. The quantitative estimate of drug-likeness (QED) is 0.413. The van der Waals surface area contributed by atoms with Crippen molar-refractivity contribution >= 4 is 39.1 Å². The fraction of sp³-hybridized carbons (Fsp3) is 0.292. The molecule has 4 heteroatoms. The van der Waals surface area contributed by atoms with Crippen molar-refractivity contribution in [2.45, 2.75) is 46.8 Å². The van der Waals surface area contributed by atoms with Crippen LogP contribution in [0.25, 0.3) is 22.1 Å². The molecule has 0 amide bonds. The highest BCUT2D eigenvalue weighted by molar-refractivity contribution is 6.10. The minimum Gasteiger partial charge on any atom is -0.435 e. The molecule has 4 nitrogen and oxygen atoms in total. The SMILES string of the molecule is Cc1ccc2c(n1)oc1c(N3c4ccccc4N(C(C)C)[C@@H]3C)c(C)ccc12. The van der Waals surface area contributed by atoms with Gasteiger partial charge in [0.25, 0.3) is 0 Å². The van der Waals surface area contributed by atoms with Gasteiger partial charge in [-0.05, 0) is 64.4 Å². The van der Waals surface area contributed by atoms with E-state index in [1.54, 1.807) is 0 Å². The first-order valence-electron chi connectivity index (χ1n) is 9.93. The Kier molecular flexibility index (Phi) is 3.66. The molecular formula is C24H25N3O. The highest BCUT2D eigenvalue weighted by Gasteiger charge is 2.37. The van der Waals surface area contributed by atoms with Crippen molar-refractivity contribution in [3.63, 3.8) is 0 Å². The highest BCUT2D eigenvalue weighted by Crippen LogP contribution is 2.48. The molecule has 3 heterocycles. The molecular weight excluding hydrogens is 346 g/mol. The summed E-state index contributed by atoms with van der Waals surface area (Å²) in [7, 11) is 0. The summed E-state index contributed by atoms with van der Waals surface area (Å²) in [6.07, 6.45) is 0.199. The van der Waals surface area contributed by atoms with Gasteiger partial charge in [0, 0.05) is 22.5 Å². The van der Waals surface area contributed by atoms with E-state index in [1.165, 1.54) is 16.9 Å². The lowest BCUT2D eigenvalue weighted by Gasteiger charge is -2.33. The molecule has 2 aromatic carbocycles. The predicted octanol–water partition coefficient (Wildman–Crippen LogP) is 6.31. The second kappa shape index (κ2) is 5.99. The zero-order chi connectivity index (χ0) is 19.6. The highest BCUT2D eigenvalue weighted by atomic mass is 16.3. The maximum Gasteiger partial charge on any atom is 0.227 e. The number of benzene rings is 2. The van der Waals surface area contributed by atoms with Crippen LogP contribution in [0.15, 0.2) is 52.9 Å². The van der Waals surface area contributed by atoms with Crippen molar-refractivity contribution in [2.75, 3.05) is 9.80 Å². The first kappa shape index (κ1) is 17.1. The molecule has 0 saturated carbocycles. The molecule has 0 fully saturated rings. The third-order valence-corrected chi connectivity index (χ3v) is 5.81. The smallest absolute Gasteiger partial charge is 0.227 e. The number of hydrogen-bond donors (Lipinski definition) is 0. The summed E-state index contributed by atoms with van der Waals surface area (Å²) in [6.45, 7) is 10.9. The first-order valence-corrected chi connectivity index (χ1v) is 9.93. The van der Waals surface area contributed by atoms with Gasteiger partial charge in [0.05, 0.1) is 17.1 Å². The van der Waals surface area contributed by atoms with Crippen LogP contribution >= 0.6 is 0 Å². The molecule has 5 rings (SSSR count). The van der Waals surface area contributed by atoms with Crippen LogP contribution in [0.3, 0.4) is 0 Å². The van der Waals surface area contributed by atoms with Crippen LogP contribution in [-0.4, -0.2) is 17.2 Å². The van der Waals surface area contributed by atoms with E-state index in [1.807, 2.05) is 13.0 Å². The van der Waals surface area contributed by atoms with E-state index >= 15 is 0 Å². The number of nitrogens with zero attached hydrogens (tertiary/aromatic N) is 3. The molecule has 2 aromatic heterocycles. The largest absolute Gasteiger partial charge is 0.435 e. The molecule has 0 saturated heterocycles. The Morgan fingerprint density at radius 1 is 0.929 bits per heavy atom. The summed E-state index contributed by atoms with van der Waals surface area (Å²) < 4.78 is 6.35. The Hall–Kier alpha value is -3.01. The lowest BCUT2D eigenvalue weighted by molar-refractivity contribution is 0.601. The van der Waals surface area contributed by atoms with Crippen LogP contribution in [-0.2, 0) is 0 Å². The molecule has 1 atom stereocenters. The van der Waals surface area contributed by atoms with Crippen molar-refractivity contribution in [3.05, 3.63) is 59.8 Å². The van der Waals surface area contributed by atoms with Gasteiger partial charge >= 0.3 is 0 Å². The van der Waals surface area contributed by atoms with Gasteiger partial charge in [-0.15, -0.1) is 0 Å². The second-order valence-electron chi connectivity index (χ2n) is 8.01. The first-order chi connectivity index (χ1) is 13.5. The van der Waals surface area contributed by atoms with Gasteiger partial charge in [-0.2, -0.15) is 0 Å². The summed E-state index contributed by atoms with van der Waals surface area (Å²) in [6, 6.07) is 17.6. The number of furan rings is 1. The van der Waals surface area contributed by atoms with Gasteiger partial charge in [0.1, 0.15) is 6.17 Å². The minimum absolute atomic E-state index is 0.199. The summed E-state index contributed by atoms with van der Waals surface area (Å²) in [4.78, 5) is 9.51. The fourth-order valence-electron chi connectivity index (χ4n) is 4.63. The maximum atomic E-state index is 6.35. The van der Waals surface area contributed by atoms with E-state index < -0.39 is 0 Å². The predicted molar refractivity (Wildman–Crippen MR) is 117 cm³/mol. The van der Waals surface area contributed by atoms with E-state index in [-0.39, 0.29) is 6.17 Å². The lowest BCUT2D eigenvalue weighted by atomic mass is 10.1. The summed E-state index contributed by atoms with van der Waals surface area (Å²) >= 11 is 0. The van der Waals surface area contributed by atoms with E-state index in [2.05, 4.69) is 84.9 Å². The maximum absolute atomic E-state index is 6.35. The average Bonchev–Trinajstić information content (AvgIpc) is 3.16. The minimum atomic E-state index is 0.199. The van der Waals surface area contributed by atoms with E-state index in [9.17, 15) is 0 Å². The van der Waals surface area contributed by atoms with Gasteiger partial charge in [0.15, 0.2) is 5.58 Å². The van der Waals surface area contributed by atoms with Crippen LogP contribution in [0, 0.1) is 13.8 Å². The molecule has 0 N–H and O–H groups in total. The Morgan fingerprint density at radius 2 is 1.64 bits per heavy atom. The van der Waals surface area contributed by atoms with Crippen molar-refractivity contribution < 1.29 is 4.42 Å². The van der Waals surface area contributed by atoms with Crippen LogP contribution in [0.1, 0.15) is 32.0 Å². The number of pyridine rings is 1. The van der Waals surface area contributed by atoms with E-state index in [0.29, 0.717) is 11.8 Å². The standard InChI is InChI=1S/C24H25N3O/c1-14(2)26-17(5)27(21-9-7-6-8-20(21)26)22-15(3)10-12-18-19-13-11-16(4)25-24(19)28-23(18)22/h6-14,17H,1-5H3/t17-/m0/s1. The van der Waals surface area contributed by atoms with E-state index in [4.69, 9.17) is 4.42 Å². The topological polar surface area (TPSA) is 32.5 Å². The van der Waals surface area contributed by atoms with E-state index in [0.717, 1.165) is 27.7 Å². The van der Waals surface area contributed by atoms with Crippen LogP contribution < -0.4 is 9.80 Å². The molecule has 0 bridgehead atoms. The molecule has 1 aliphatic rings. The van der Waals surface area contributed by atoms with Crippen LogP contribution in [0.4, 0.5) is 17.1 Å². The molecule has 4 aromatic rings. The molecule has 0 aliphatic carbocycles. The number of fused-ring (bicyclic) bond motifs is 4. The van der Waals surface area contributed by atoms with Crippen molar-refractivity contribution in [2.24, 2.45) is 0 Å². The van der Waals surface area contributed by atoms with Crippen LogP contribution in [0.5, 0.6) is 0 Å². The molecule has 0 radical (unpaired) electrons. The van der Waals surface area contributed by atoms with Gasteiger partial charge in [-0.1, -0.05) is 24.3 Å². The average molecular weight is 371 g/mol. The second-order valence-corrected chi connectivity index (χ2v) is 8.01. The van der Waals surface area contributed by atoms with Crippen molar-refractivity contribution in [1.29, 1.82) is 0 Å². The Labute approximate surface area is 165 Å². The normalized spacial score (nSPS) is 16.6. The van der Waals surface area contributed by atoms with Gasteiger partial charge < -0.3 is 14.2 Å². The third-order valence-electron chi connectivity index (χ3n) is 5.81. The number of rotatable bonds is 2. The molecule has 1 aliphatic heterocycles. The number of aromatic nitrogens is 1. The van der Waals surface area contributed by atoms with Crippen molar-refractivity contribution in [1.82, 2.24) is 4.98 Å². The number of para-hydroxylation sites is 2. The summed E-state index contributed by atoms with van der Waals surface area (Å²) in [5.74, 6) is 0. The summed E-state index contributed by atoms with van der Waals surface area (Å²) in [5, 5.41) is 2.19. The molecule has 0 spiro atoms. The number of anilines is 3.